The number of rotatable bonds is 5. The lowest BCUT2D eigenvalue weighted by Crippen LogP contribution is -1.99. The number of aromatic nitrogens is 1. The van der Waals surface area contributed by atoms with Crippen LogP contribution in [-0.2, 0) is 12.8 Å². The highest BCUT2D eigenvalue weighted by Gasteiger charge is 2.08. The lowest BCUT2D eigenvalue weighted by atomic mass is 10.1. The number of nitriles is 1. The summed E-state index contributed by atoms with van der Waals surface area (Å²) in [7, 11) is 0. The number of hydrogen-bond acceptors (Lipinski definition) is 3. The second kappa shape index (κ2) is 5.77. The van der Waals surface area contributed by atoms with Gasteiger partial charge in [-0.05, 0) is 12.8 Å². The first kappa shape index (κ1) is 11.2. The van der Waals surface area contributed by atoms with Crippen LogP contribution in [0.3, 0.4) is 0 Å². The molecule has 0 aliphatic carbocycles. The Kier molecular flexibility index (Phi) is 4.61. The van der Waals surface area contributed by atoms with E-state index in [0.717, 1.165) is 30.7 Å². The largest absolute Gasteiger partial charge is 0.246 e. The molecule has 0 aliphatic heterocycles. The molecule has 0 saturated heterocycles. The summed E-state index contributed by atoms with van der Waals surface area (Å²) < 4.78 is 0. The lowest BCUT2D eigenvalue weighted by Gasteiger charge is -2.00. The molecule has 1 heterocycles. The average Bonchev–Trinajstić information content (AvgIpc) is 2.63. The Morgan fingerprint density at radius 1 is 1.57 bits per heavy atom. The minimum absolute atomic E-state index is 0.135. The van der Waals surface area contributed by atoms with Crippen LogP contribution in [0.25, 0.3) is 0 Å². The van der Waals surface area contributed by atoms with Crippen molar-refractivity contribution in [3.63, 3.8) is 0 Å². The molecular weight excluding hydrogens is 192 g/mol. The van der Waals surface area contributed by atoms with Crippen molar-refractivity contribution < 1.29 is 0 Å². The van der Waals surface area contributed by atoms with E-state index in [1.807, 2.05) is 0 Å². The van der Waals surface area contributed by atoms with Gasteiger partial charge in [0.15, 0.2) is 0 Å². The van der Waals surface area contributed by atoms with Gasteiger partial charge in [-0.1, -0.05) is 20.3 Å². The molecule has 1 aromatic rings. The van der Waals surface area contributed by atoms with Gasteiger partial charge < -0.3 is 0 Å². The minimum atomic E-state index is 0.135. The summed E-state index contributed by atoms with van der Waals surface area (Å²) >= 11 is 1.69. The molecule has 1 rings (SSSR count). The van der Waals surface area contributed by atoms with Crippen molar-refractivity contribution in [2.45, 2.75) is 39.5 Å². The van der Waals surface area contributed by atoms with Gasteiger partial charge in [0.1, 0.15) is 0 Å². The van der Waals surface area contributed by atoms with Crippen LogP contribution in [0, 0.1) is 17.2 Å². The molecule has 1 aromatic heterocycles. The van der Waals surface area contributed by atoms with Crippen molar-refractivity contribution in [3.8, 4) is 6.07 Å². The van der Waals surface area contributed by atoms with Crippen LogP contribution in [0.5, 0.6) is 0 Å². The van der Waals surface area contributed by atoms with Gasteiger partial charge >= 0.3 is 0 Å². The molecular formula is C11H16N2S. The summed E-state index contributed by atoms with van der Waals surface area (Å²) in [5, 5.41) is 12.1. The number of aryl methyl sites for hydroxylation is 1. The van der Waals surface area contributed by atoms with Crippen LogP contribution in [-0.4, -0.2) is 4.98 Å². The quantitative estimate of drug-likeness (QED) is 0.745. The Labute approximate surface area is 89.6 Å². The normalized spacial score (nSPS) is 12.4. The van der Waals surface area contributed by atoms with E-state index < -0.39 is 0 Å². The summed E-state index contributed by atoms with van der Waals surface area (Å²) in [5.74, 6) is 0.135. The zero-order valence-electron chi connectivity index (χ0n) is 8.79. The first-order chi connectivity index (χ1) is 6.80. The molecule has 76 valence electrons. The van der Waals surface area contributed by atoms with Crippen molar-refractivity contribution in [2.24, 2.45) is 5.92 Å². The summed E-state index contributed by atoms with van der Waals surface area (Å²) in [6, 6.07) is 2.31. The third-order valence-electron chi connectivity index (χ3n) is 2.20. The summed E-state index contributed by atoms with van der Waals surface area (Å²) in [5.41, 5.74) is 1.18. The van der Waals surface area contributed by atoms with Gasteiger partial charge in [-0.25, -0.2) is 4.98 Å². The second-order valence-corrected chi connectivity index (χ2v) is 4.36. The predicted molar refractivity (Wildman–Crippen MR) is 59.2 cm³/mol. The SMILES string of the molecule is CCCc1csc(CC(C#N)CC)n1. The van der Waals surface area contributed by atoms with Crippen molar-refractivity contribution in [3.05, 3.63) is 16.1 Å². The maximum Gasteiger partial charge on any atom is 0.0941 e. The first-order valence-corrected chi connectivity index (χ1v) is 6.01. The van der Waals surface area contributed by atoms with Crippen molar-refractivity contribution >= 4 is 11.3 Å². The van der Waals surface area contributed by atoms with E-state index in [4.69, 9.17) is 5.26 Å². The van der Waals surface area contributed by atoms with Crippen molar-refractivity contribution in [1.29, 1.82) is 5.26 Å². The Morgan fingerprint density at radius 2 is 2.36 bits per heavy atom. The molecule has 0 amide bonds. The maximum atomic E-state index is 8.82. The molecule has 0 aromatic carbocycles. The molecule has 0 spiro atoms. The van der Waals surface area contributed by atoms with E-state index in [-0.39, 0.29) is 5.92 Å². The van der Waals surface area contributed by atoms with E-state index >= 15 is 0 Å². The lowest BCUT2D eigenvalue weighted by molar-refractivity contribution is 0.634. The van der Waals surface area contributed by atoms with Crippen LogP contribution >= 0.6 is 11.3 Å². The molecule has 0 fully saturated rings. The molecule has 0 bridgehead atoms. The van der Waals surface area contributed by atoms with Gasteiger partial charge in [0, 0.05) is 11.8 Å². The summed E-state index contributed by atoms with van der Waals surface area (Å²) in [6.45, 7) is 4.21. The predicted octanol–water partition coefficient (Wildman–Crippen LogP) is 3.19. The van der Waals surface area contributed by atoms with Crippen LogP contribution in [0.1, 0.15) is 37.4 Å². The molecule has 0 saturated carbocycles. The molecule has 0 N–H and O–H groups in total. The Morgan fingerprint density at radius 3 is 2.93 bits per heavy atom. The van der Waals surface area contributed by atoms with E-state index in [0.29, 0.717) is 0 Å². The maximum absolute atomic E-state index is 8.82. The van der Waals surface area contributed by atoms with Crippen LogP contribution in [0.15, 0.2) is 5.38 Å². The highest BCUT2D eigenvalue weighted by molar-refractivity contribution is 7.09. The molecule has 2 nitrogen and oxygen atoms in total. The van der Waals surface area contributed by atoms with Gasteiger partial charge in [0.2, 0.25) is 0 Å². The minimum Gasteiger partial charge on any atom is -0.246 e. The van der Waals surface area contributed by atoms with E-state index in [1.54, 1.807) is 11.3 Å². The zero-order valence-corrected chi connectivity index (χ0v) is 9.60. The number of hydrogen-bond donors (Lipinski definition) is 0. The van der Waals surface area contributed by atoms with Crippen LogP contribution in [0.2, 0.25) is 0 Å². The Balaban J connectivity index is 2.55. The van der Waals surface area contributed by atoms with Gasteiger partial charge in [0.05, 0.1) is 22.7 Å². The van der Waals surface area contributed by atoms with Crippen LogP contribution < -0.4 is 0 Å². The Bertz CT molecular complexity index is 311. The number of thiazole rings is 1. The Hall–Kier alpha value is -0.880. The van der Waals surface area contributed by atoms with E-state index in [2.05, 4.69) is 30.3 Å². The zero-order chi connectivity index (χ0) is 10.4. The monoisotopic (exact) mass is 208 g/mol. The smallest absolute Gasteiger partial charge is 0.0941 e. The molecule has 3 heteroatoms. The molecule has 14 heavy (non-hydrogen) atoms. The molecule has 0 aliphatic rings. The third kappa shape index (κ3) is 3.12. The first-order valence-electron chi connectivity index (χ1n) is 5.13. The topological polar surface area (TPSA) is 36.7 Å². The van der Waals surface area contributed by atoms with Crippen molar-refractivity contribution in [2.75, 3.05) is 0 Å². The standard InChI is InChI=1S/C11H16N2S/c1-3-5-10-8-14-11(13-10)6-9(4-2)7-12/h8-9H,3-6H2,1-2H3. The second-order valence-electron chi connectivity index (χ2n) is 3.42. The molecule has 1 unspecified atom stereocenters. The third-order valence-corrected chi connectivity index (χ3v) is 3.12. The summed E-state index contributed by atoms with van der Waals surface area (Å²) in [6.07, 6.45) is 3.93. The summed E-state index contributed by atoms with van der Waals surface area (Å²) in [4.78, 5) is 4.50. The van der Waals surface area contributed by atoms with Gasteiger partial charge in [0.25, 0.3) is 0 Å². The average molecular weight is 208 g/mol. The van der Waals surface area contributed by atoms with Crippen LogP contribution in [0.4, 0.5) is 0 Å². The highest BCUT2D eigenvalue weighted by Crippen LogP contribution is 2.16. The fraction of sp³-hybridized carbons (Fsp3) is 0.636. The van der Waals surface area contributed by atoms with E-state index in [9.17, 15) is 0 Å². The number of nitrogens with zero attached hydrogens (tertiary/aromatic N) is 2. The molecule has 1 atom stereocenters. The van der Waals surface area contributed by atoms with Gasteiger partial charge in [-0.3, -0.25) is 0 Å². The highest BCUT2D eigenvalue weighted by atomic mass is 32.1. The van der Waals surface area contributed by atoms with Gasteiger partial charge in [-0.15, -0.1) is 11.3 Å². The fourth-order valence-electron chi connectivity index (χ4n) is 1.31. The fourth-order valence-corrected chi connectivity index (χ4v) is 2.22. The van der Waals surface area contributed by atoms with E-state index in [1.165, 1.54) is 5.69 Å². The molecule has 0 radical (unpaired) electrons. The van der Waals surface area contributed by atoms with Crippen molar-refractivity contribution in [1.82, 2.24) is 4.98 Å². The van der Waals surface area contributed by atoms with Gasteiger partial charge in [-0.2, -0.15) is 5.26 Å².